The summed E-state index contributed by atoms with van der Waals surface area (Å²) in [7, 11) is 0. The van der Waals surface area contributed by atoms with Crippen LogP contribution in [0, 0.1) is 11.8 Å². The monoisotopic (exact) mass is 345 g/mol. The van der Waals surface area contributed by atoms with Crippen LogP contribution in [-0.2, 0) is 9.59 Å². The highest BCUT2D eigenvalue weighted by atomic mass is 35.5. The minimum Gasteiger partial charge on any atom is -0.356 e. The number of likely N-dealkylation sites (tertiary alicyclic amines) is 1. The van der Waals surface area contributed by atoms with Crippen LogP contribution >= 0.6 is 12.4 Å². The van der Waals surface area contributed by atoms with Gasteiger partial charge >= 0.3 is 12.1 Å². The number of carbonyl (C=O) groups excluding carboxylic acids is 2. The summed E-state index contributed by atoms with van der Waals surface area (Å²) in [4.78, 5) is 23.6. The van der Waals surface area contributed by atoms with Gasteiger partial charge in [-0.25, -0.2) is 0 Å². The SMILES string of the molecule is CC(N)C(C)C(=O)NCC1CCN(C(=O)C(F)(F)F)CC1.Cl. The van der Waals surface area contributed by atoms with E-state index in [1.165, 1.54) is 0 Å². The highest BCUT2D eigenvalue weighted by Crippen LogP contribution is 2.23. The third-order valence-corrected chi connectivity index (χ3v) is 3.91. The maximum atomic E-state index is 12.3. The van der Waals surface area contributed by atoms with E-state index in [9.17, 15) is 22.8 Å². The molecule has 2 unspecified atom stereocenters. The lowest BCUT2D eigenvalue weighted by Gasteiger charge is -2.32. The summed E-state index contributed by atoms with van der Waals surface area (Å²) in [6, 6.07) is -0.253. The fraction of sp³-hybridized carbons (Fsp3) is 0.846. The Morgan fingerprint density at radius 3 is 2.18 bits per heavy atom. The van der Waals surface area contributed by atoms with Gasteiger partial charge in [0.1, 0.15) is 0 Å². The van der Waals surface area contributed by atoms with Crippen LogP contribution in [0.3, 0.4) is 0 Å². The molecule has 9 heteroatoms. The normalized spacial score (nSPS) is 19.1. The number of hydrogen-bond acceptors (Lipinski definition) is 3. The summed E-state index contributed by atoms with van der Waals surface area (Å²) in [6.45, 7) is 4.02. The van der Waals surface area contributed by atoms with Crippen LogP contribution in [-0.4, -0.2) is 48.6 Å². The lowest BCUT2D eigenvalue weighted by Crippen LogP contribution is -2.47. The summed E-state index contributed by atoms with van der Waals surface area (Å²) in [6.07, 6.45) is -3.91. The largest absolute Gasteiger partial charge is 0.471 e. The second-order valence-electron chi connectivity index (χ2n) is 5.63. The Labute approximate surface area is 134 Å². The van der Waals surface area contributed by atoms with Crippen LogP contribution in [0.2, 0.25) is 0 Å². The molecule has 0 aromatic carbocycles. The lowest BCUT2D eigenvalue weighted by atomic mass is 9.96. The maximum absolute atomic E-state index is 12.3. The average Bonchev–Trinajstić information content (AvgIpc) is 2.42. The fourth-order valence-electron chi connectivity index (χ4n) is 2.16. The number of piperidine rings is 1. The van der Waals surface area contributed by atoms with Crippen molar-refractivity contribution in [2.45, 2.75) is 38.9 Å². The van der Waals surface area contributed by atoms with Crippen LogP contribution in [0.25, 0.3) is 0 Å². The Bertz CT molecular complexity index is 383. The molecule has 22 heavy (non-hydrogen) atoms. The van der Waals surface area contributed by atoms with Gasteiger partial charge in [0, 0.05) is 31.6 Å². The second kappa shape index (κ2) is 8.57. The summed E-state index contributed by atoms with van der Waals surface area (Å²) in [5.41, 5.74) is 5.63. The van der Waals surface area contributed by atoms with Crippen molar-refractivity contribution in [3.8, 4) is 0 Å². The van der Waals surface area contributed by atoms with Gasteiger partial charge in [-0.15, -0.1) is 12.4 Å². The Morgan fingerprint density at radius 1 is 1.27 bits per heavy atom. The molecule has 0 saturated carbocycles. The molecule has 2 amide bonds. The lowest BCUT2D eigenvalue weighted by molar-refractivity contribution is -0.186. The molecule has 0 aromatic heterocycles. The number of hydrogen-bond donors (Lipinski definition) is 2. The average molecular weight is 346 g/mol. The number of rotatable bonds is 4. The third-order valence-electron chi connectivity index (χ3n) is 3.91. The van der Waals surface area contributed by atoms with E-state index in [1.807, 2.05) is 0 Å². The summed E-state index contributed by atoms with van der Waals surface area (Å²) in [5.74, 6) is -2.15. The molecule has 1 heterocycles. The van der Waals surface area contributed by atoms with Crippen LogP contribution in [0.5, 0.6) is 0 Å². The van der Waals surface area contributed by atoms with Crippen LogP contribution < -0.4 is 11.1 Å². The standard InChI is InChI=1S/C13H22F3N3O2.ClH/c1-8(9(2)17)11(20)18-7-10-3-5-19(6-4-10)12(21)13(14,15)16;/h8-10H,3-7,17H2,1-2H3,(H,18,20);1H. The molecule has 2 atom stereocenters. The molecule has 0 bridgehead atoms. The molecule has 1 rings (SSSR count). The molecule has 0 spiro atoms. The molecule has 1 saturated heterocycles. The van der Waals surface area contributed by atoms with Crippen LogP contribution in [0.15, 0.2) is 0 Å². The van der Waals surface area contributed by atoms with Gasteiger partial charge in [0.05, 0.1) is 0 Å². The van der Waals surface area contributed by atoms with Gasteiger partial charge < -0.3 is 16.0 Å². The van der Waals surface area contributed by atoms with Crippen molar-refractivity contribution in [2.75, 3.05) is 19.6 Å². The molecule has 1 aliphatic rings. The second-order valence-corrected chi connectivity index (χ2v) is 5.63. The molecule has 0 radical (unpaired) electrons. The Balaban J connectivity index is 0.00000441. The number of nitrogens with one attached hydrogen (secondary N) is 1. The number of amides is 2. The smallest absolute Gasteiger partial charge is 0.356 e. The van der Waals surface area contributed by atoms with Crippen LogP contribution in [0.1, 0.15) is 26.7 Å². The third kappa shape index (κ3) is 6.00. The van der Waals surface area contributed by atoms with Gasteiger partial charge in [-0.3, -0.25) is 9.59 Å². The van der Waals surface area contributed by atoms with Gasteiger partial charge in [0.15, 0.2) is 0 Å². The van der Waals surface area contributed by atoms with E-state index in [2.05, 4.69) is 5.32 Å². The number of nitrogens with two attached hydrogens (primary N) is 1. The first-order valence-electron chi connectivity index (χ1n) is 7.02. The first-order valence-corrected chi connectivity index (χ1v) is 7.02. The zero-order valence-corrected chi connectivity index (χ0v) is 13.5. The van der Waals surface area contributed by atoms with E-state index in [0.717, 1.165) is 4.90 Å². The molecule has 1 fully saturated rings. The quantitative estimate of drug-likeness (QED) is 0.806. The molecule has 5 nitrogen and oxygen atoms in total. The van der Waals surface area contributed by atoms with Gasteiger partial charge in [0.25, 0.3) is 0 Å². The molecule has 0 aliphatic carbocycles. The minimum atomic E-state index is -4.81. The maximum Gasteiger partial charge on any atom is 0.471 e. The van der Waals surface area contributed by atoms with Crippen molar-refractivity contribution >= 4 is 24.2 Å². The van der Waals surface area contributed by atoms with Crippen molar-refractivity contribution in [1.82, 2.24) is 10.2 Å². The van der Waals surface area contributed by atoms with E-state index < -0.39 is 12.1 Å². The van der Waals surface area contributed by atoms with Crippen molar-refractivity contribution in [3.05, 3.63) is 0 Å². The molecular weight excluding hydrogens is 323 g/mol. The zero-order chi connectivity index (χ0) is 16.2. The van der Waals surface area contributed by atoms with E-state index >= 15 is 0 Å². The van der Waals surface area contributed by atoms with Crippen molar-refractivity contribution < 1.29 is 22.8 Å². The van der Waals surface area contributed by atoms with Crippen molar-refractivity contribution in [3.63, 3.8) is 0 Å². The van der Waals surface area contributed by atoms with Crippen molar-refractivity contribution in [1.29, 1.82) is 0 Å². The summed E-state index contributed by atoms with van der Waals surface area (Å²) < 4.78 is 36.9. The number of alkyl halides is 3. The predicted molar refractivity (Wildman–Crippen MR) is 78.4 cm³/mol. The topological polar surface area (TPSA) is 75.4 Å². The molecular formula is C13H23ClF3N3O2. The summed E-state index contributed by atoms with van der Waals surface area (Å²) in [5, 5.41) is 2.76. The first kappa shape index (κ1) is 21.0. The van der Waals surface area contributed by atoms with Gasteiger partial charge in [-0.05, 0) is 25.7 Å². The molecule has 3 N–H and O–H groups in total. The number of halogens is 4. The number of carbonyl (C=O) groups is 2. The van der Waals surface area contributed by atoms with Gasteiger partial charge in [-0.1, -0.05) is 6.92 Å². The Morgan fingerprint density at radius 2 is 1.77 bits per heavy atom. The Kier molecular flexibility index (Phi) is 8.17. The minimum absolute atomic E-state index is 0. The van der Waals surface area contributed by atoms with Crippen LogP contribution in [0.4, 0.5) is 13.2 Å². The van der Waals surface area contributed by atoms with E-state index in [0.29, 0.717) is 19.4 Å². The van der Waals surface area contributed by atoms with Crippen molar-refractivity contribution in [2.24, 2.45) is 17.6 Å². The highest BCUT2D eigenvalue weighted by molar-refractivity contribution is 5.85. The molecule has 1 aliphatic heterocycles. The van der Waals surface area contributed by atoms with E-state index in [1.54, 1.807) is 13.8 Å². The number of nitrogens with zero attached hydrogens (tertiary/aromatic N) is 1. The van der Waals surface area contributed by atoms with Gasteiger partial charge in [-0.2, -0.15) is 13.2 Å². The summed E-state index contributed by atoms with van der Waals surface area (Å²) >= 11 is 0. The van der Waals surface area contributed by atoms with E-state index in [-0.39, 0.29) is 49.3 Å². The highest BCUT2D eigenvalue weighted by Gasteiger charge is 2.43. The Hall–Kier alpha value is -1.02. The van der Waals surface area contributed by atoms with E-state index in [4.69, 9.17) is 5.73 Å². The molecule has 130 valence electrons. The van der Waals surface area contributed by atoms with Gasteiger partial charge in [0.2, 0.25) is 5.91 Å². The first-order chi connectivity index (χ1) is 9.62. The predicted octanol–water partition coefficient (Wildman–Crippen LogP) is 1.31. The zero-order valence-electron chi connectivity index (χ0n) is 12.7. The fourth-order valence-corrected chi connectivity index (χ4v) is 2.16. The molecule has 0 aromatic rings.